The van der Waals surface area contributed by atoms with E-state index in [2.05, 4.69) is 26.9 Å². The Balaban J connectivity index is 1.88. The normalized spacial score (nSPS) is 13.4. The van der Waals surface area contributed by atoms with Crippen LogP contribution in [0.4, 0.5) is 13.2 Å². The Kier molecular flexibility index (Phi) is 10.1. The second kappa shape index (κ2) is 13.5. The summed E-state index contributed by atoms with van der Waals surface area (Å²) in [6.45, 7) is 2.28. The molecule has 1 unspecified atom stereocenters. The molecule has 3 rings (SSSR count). The number of hydrogen-bond acceptors (Lipinski definition) is 7. The largest absolute Gasteiger partial charge is 0.471 e. The van der Waals surface area contributed by atoms with E-state index in [0.29, 0.717) is 0 Å². The highest BCUT2D eigenvalue weighted by Gasteiger charge is 2.44. The number of nitrogens with zero attached hydrogens (tertiary/aromatic N) is 5. The Labute approximate surface area is 228 Å². The van der Waals surface area contributed by atoms with Gasteiger partial charge in [0.05, 0.1) is 31.7 Å². The summed E-state index contributed by atoms with van der Waals surface area (Å²) in [5.74, 6) is -3.07. The molecule has 2 atom stereocenters. The quantitative estimate of drug-likeness (QED) is 0.348. The molecular formula is C27H28F3N7O3. The van der Waals surface area contributed by atoms with Gasteiger partial charge in [-0.25, -0.2) is 4.68 Å². The van der Waals surface area contributed by atoms with Crippen LogP contribution in [0, 0.1) is 11.3 Å². The van der Waals surface area contributed by atoms with E-state index >= 15 is 0 Å². The lowest BCUT2D eigenvalue weighted by Crippen LogP contribution is -2.58. The maximum Gasteiger partial charge on any atom is 0.471 e. The van der Waals surface area contributed by atoms with Crippen LogP contribution in [0.3, 0.4) is 0 Å². The number of carbonyl (C=O) groups is 2. The van der Waals surface area contributed by atoms with E-state index in [9.17, 15) is 28.0 Å². The zero-order valence-electron chi connectivity index (χ0n) is 21.8. The Hall–Kier alpha value is -4.57. The van der Waals surface area contributed by atoms with Crippen molar-refractivity contribution in [3.05, 3.63) is 83.7 Å². The number of nitriles is 1. The minimum absolute atomic E-state index is 0.0138. The fourth-order valence-corrected chi connectivity index (χ4v) is 3.58. The van der Waals surface area contributed by atoms with Crippen molar-refractivity contribution in [1.29, 1.82) is 5.26 Å². The van der Waals surface area contributed by atoms with Gasteiger partial charge in [0.15, 0.2) is 5.82 Å². The predicted molar refractivity (Wildman–Crippen MR) is 138 cm³/mol. The van der Waals surface area contributed by atoms with Crippen LogP contribution in [-0.4, -0.2) is 50.3 Å². The Morgan fingerprint density at radius 1 is 1.07 bits per heavy atom. The lowest BCUT2D eigenvalue weighted by molar-refractivity contribution is -0.176. The Bertz CT molecular complexity index is 1340. The molecule has 0 bridgehead atoms. The third kappa shape index (κ3) is 8.47. The van der Waals surface area contributed by atoms with Gasteiger partial charge >= 0.3 is 12.1 Å². The smallest absolute Gasteiger partial charge is 0.374 e. The van der Waals surface area contributed by atoms with E-state index < -0.39 is 35.6 Å². The summed E-state index contributed by atoms with van der Waals surface area (Å²) < 4.78 is 45.7. The van der Waals surface area contributed by atoms with E-state index in [-0.39, 0.29) is 25.5 Å². The molecule has 2 aromatic carbocycles. The molecule has 0 aliphatic heterocycles. The molecule has 0 radical (unpaired) electrons. The van der Waals surface area contributed by atoms with E-state index in [1.165, 1.54) is 4.68 Å². The van der Waals surface area contributed by atoms with Gasteiger partial charge in [0.25, 0.3) is 0 Å². The van der Waals surface area contributed by atoms with Gasteiger partial charge < -0.3 is 15.4 Å². The molecule has 0 fully saturated rings. The van der Waals surface area contributed by atoms with Gasteiger partial charge in [-0.2, -0.15) is 18.4 Å². The number of amides is 2. The molecular weight excluding hydrogens is 527 g/mol. The van der Waals surface area contributed by atoms with Crippen LogP contribution in [0.1, 0.15) is 49.3 Å². The number of tetrazole rings is 1. The number of ether oxygens (including phenoxy) is 1. The first kappa shape index (κ1) is 30.0. The number of rotatable bonds is 12. The molecule has 2 amide bonds. The average molecular weight is 556 g/mol. The van der Waals surface area contributed by atoms with Gasteiger partial charge in [0, 0.05) is 0 Å². The molecule has 1 aromatic heterocycles. The Morgan fingerprint density at radius 2 is 1.73 bits per heavy atom. The molecule has 0 aliphatic rings. The molecule has 0 aliphatic carbocycles. The first-order valence-corrected chi connectivity index (χ1v) is 12.2. The Morgan fingerprint density at radius 3 is 2.35 bits per heavy atom. The van der Waals surface area contributed by atoms with Crippen molar-refractivity contribution in [2.24, 2.45) is 0 Å². The maximum atomic E-state index is 13.1. The molecule has 210 valence electrons. The number of benzene rings is 2. The van der Waals surface area contributed by atoms with Crippen LogP contribution in [0.15, 0.2) is 66.7 Å². The molecule has 2 N–H and O–H groups in total. The first-order valence-electron chi connectivity index (χ1n) is 12.2. The summed E-state index contributed by atoms with van der Waals surface area (Å²) in [6, 6.07) is 18.9. The fourth-order valence-electron chi connectivity index (χ4n) is 3.58. The maximum absolute atomic E-state index is 13.1. The molecule has 0 spiro atoms. The highest BCUT2D eigenvalue weighted by molar-refractivity contribution is 5.92. The van der Waals surface area contributed by atoms with Gasteiger partial charge in [0.2, 0.25) is 5.91 Å². The van der Waals surface area contributed by atoms with Crippen molar-refractivity contribution in [2.75, 3.05) is 6.61 Å². The summed E-state index contributed by atoms with van der Waals surface area (Å²) in [6.07, 6.45) is -1.66. The molecule has 10 nitrogen and oxygen atoms in total. The van der Waals surface area contributed by atoms with Crippen molar-refractivity contribution < 1.29 is 27.5 Å². The van der Waals surface area contributed by atoms with E-state index in [0.717, 1.165) is 25.0 Å². The van der Waals surface area contributed by atoms with Crippen LogP contribution < -0.4 is 10.6 Å². The van der Waals surface area contributed by atoms with Crippen molar-refractivity contribution >= 4 is 17.9 Å². The van der Waals surface area contributed by atoms with Gasteiger partial charge in [-0.1, -0.05) is 72.8 Å². The third-order valence-electron chi connectivity index (χ3n) is 5.71. The number of alkyl halides is 3. The van der Waals surface area contributed by atoms with Crippen molar-refractivity contribution in [1.82, 2.24) is 30.8 Å². The highest BCUT2D eigenvalue weighted by atomic mass is 19.4. The minimum Gasteiger partial charge on any atom is -0.374 e. The zero-order valence-corrected chi connectivity index (χ0v) is 21.8. The molecule has 1 heterocycles. The summed E-state index contributed by atoms with van der Waals surface area (Å²) >= 11 is 0. The molecule has 40 heavy (non-hydrogen) atoms. The number of nitrogens with one attached hydrogen (secondary N) is 2. The van der Waals surface area contributed by atoms with Gasteiger partial charge in [-0.15, -0.1) is 5.10 Å². The number of allylic oxidation sites excluding steroid dienone is 1. The number of aromatic nitrogens is 4. The van der Waals surface area contributed by atoms with Crippen LogP contribution in [0.2, 0.25) is 0 Å². The second-order valence-electron chi connectivity index (χ2n) is 9.28. The molecule has 13 heteroatoms. The number of carbonyl (C=O) groups excluding carboxylic acids is 2. The lowest BCUT2D eigenvalue weighted by Gasteiger charge is -2.28. The summed E-state index contributed by atoms with van der Waals surface area (Å²) in [4.78, 5) is 24.6. The molecule has 0 saturated heterocycles. The van der Waals surface area contributed by atoms with E-state index in [1.54, 1.807) is 17.5 Å². The first-order chi connectivity index (χ1) is 19.0. The van der Waals surface area contributed by atoms with Gasteiger partial charge in [-0.3, -0.25) is 9.59 Å². The highest BCUT2D eigenvalue weighted by Crippen LogP contribution is 2.22. The monoisotopic (exact) mass is 555 g/mol. The summed E-state index contributed by atoms with van der Waals surface area (Å²) in [7, 11) is 0. The fraction of sp³-hybridized carbons (Fsp3) is 0.333. The second-order valence-corrected chi connectivity index (χ2v) is 9.28. The SMILES string of the molecule is CC(C)(NC(=O)C(F)(F)F)C(=O)N[C@H](COCc1ccccc1)c1nnnn1C(C=Cc1ccccc1)CC#N. The summed E-state index contributed by atoms with van der Waals surface area (Å²) in [5, 5.41) is 25.5. The van der Waals surface area contributed by atoms with E-state index in [1.807, 2.05) is 60.7 Å². The van der Waals surface area contributed by atoms with Crippen LogP contribution >= 0.6 is 0 Å². The topological polar surface area (TPSA) is 135 Å². The molecule has 0 saturated carbocycles. The predicted octanol–water partition coefficient (Wildman–Crippen LogP) is 3.67. The summed E-state index contributed by atoms with van der Waals surface area (Å²) in [5.41, 5.74) is -0.224. The lowest BCUT2D eigenvalue weighted by atomic mass is 10.0. The standard InChI is InChI=1S/C27H28F3N7O3/c1-26(2,33-25(39)27(28,29)30)24(38)32-22(18-40-17-20-11-7-4-8-12-20)23-34-35-36-37(23)21(15-16-31)14-13-19-9-5-3-6-10-19/h3-14,21-22H,15,17-18H2,1-2H3,(H,32,38)(H,33,39)/t21?,22-/m1/s1. The van der Waals surface area contributed by atoms with Crippen LogP contribution in [0.25, 0.3) is 6.08 Å². The van der Waals surface area contributed by atoms with Crippen molar-refractivity contribution in [3.8, 4) is 6.07 Å². The molecule has 3 aromatic rings. The third-order valence-corrected chi connectivity index (χ3v) is 5.71. The van der Waals surface area contributed by atoms with E-state index in [4.69, 9.17) is 4.74 Å². The van der Waals surface area contributed by atoms with Gasteiger partial charge in [-0.05, 0) is 35.4 Å². The minimum atomic E-state index is -5.17. The van der Waals surface area contributed by atoms with Crippen LogP contribution in [-0.2, 0) is 20.9 Å². The number of hydrogen-bond donors (Lipinski definition) is 2. The number of halogens is 3. The van der Waals surface area contributed by atoms with Crippen molar-refractivity contribution in [2.45, 2.75) is 50.7 Å². The zero-order chi connectivity index (χ0) is 29.2. The average Bonchev–Trinajstić information content (AvgIpc) is 3.40. The van der Waals surface area contributed by atoms with Crippen LogP contribution in [0.5, 0.6) is 0 Å². The van der Waals surface area contributed by atoms with Crippen molar-refractivity contribution in [3.63, 3.8) is 0 Å². The van der Waals surface area contributed by atoms with Gasteiger partial charge in [0.1, 0.15) is 11.6 Å².